The molecule has 1 aromatic carbocycles. The highest BCUT2D eigenvalue weighted by molar-refractivity contribution is 5.89. The number of anilines is 2. The van der Waals surface area contributed by atoms with E-state index in [0.717, 1.165) is 79.3 Å². The summed E-state index contributed by atoms with van der Waals surface area (Å²) in [7, 11) is 2.18. The summed E-state index contributed by atoms with van der Waals surface area (Å²) in [5, 5.41) is 14.4. The van der Waals surface area contributed by atoms with Gasteiger partial charge in [0.05, 0.1) is 11.3 Å². The Labute approximate surface area is 206 Å². The Morgan fingerprint density at radius 2 is 1.89 bits per heavy atom. The van der Waals surface area contributed by atoms with Crippen molar-refractivity contribution in [3.63, 3.8) is 0 Å². The number of nitrogens with one attached hydrogen (secondary N) is 2. The molecule has 0 aliphatic carbocycles. The monoisotopic (exact) mass is 465 g/mol. The fourth-order valence-corrected chi connectivity index (χ4v) is 4.70. The molecule has 4 heterocycles. The zero-order valence-corrected chi connectivity index (χ0v) is 20.4. The molecule has 2 N–H and O–H groups in total. The van der Waals surface area contributed by atoms with Crippen LogP contribution in [-0.2, 0) is 19.4 Å². The van der Waals surface area contributed by atoms with Gasteiger partial charge in [-0.2, -0.15) is 5.26 Å². The van der Waals surface area contributed by atoms with E-state index < -0.39 is 0 Å². The van der Waals surface area contributed by atoms with Crippen LogP contribution in [0.1, 0.15) is 27.9 Å². The van der Waals surface area contributed by atoms with E-state index in [9.17, 15) is 5.26 Å². The summed E-state index contributed by atoms with van der Waals surface area (Å²) < 4.78 is 0. The zero-order valence-electron chi connectivity index (χ0n) is 20.4. The number of pyridine rings is 2. The molecular weight excluding hydrogens is 434 g/mol. The van der Waals surface area contributed by atoms with Gasteiger partial charge in [0.25, 0.3) is 0 Å². The van der Waals surface area contributed by atoms with Gasteiger partial charge in [0.1, 0.15) is 6.07 Å². The van der Waals surface area contributed by atoms with Crippen molar-refractivity contribution in [3.8, 4) is 6.07 Å². The zero-order chi connectivity index (χ0) is 24.2. The van der Waals surface area contributed by atoms with Gasteiger partial charge in [-0.25, -0.2) is 0 Å². The van der Waals surface area contributed by atoms with Crippen molar-refractivity contribution in [2.75, 3.05) is 38.5 Å². The number of piperazine rings is 1. The maximum atomic E-state index is 9.74. The van der Waals surface area contributed by atoms with Gasteiger partial charge in [-0.05, 0) is 67.8 Å². The first kappa shape index (κ1) is 23.0. The van der Waals surface area contributed by atoms with E-state index in [1.165, 1.54) is 10.9 Å². The van der Waals surface area contributed by atoms with Gasteiger partial charge in [-0.15, -0.1) is 0 Å². The van der Waals surface area contributed by atoms with Crippen LogP contribution in [-0.4, -0.2) is 58.0 Å². The van der Waals surface area contributed by atoms with Crippen LogP contribution in [0.25, 0.3) is 10.9 Å². The third-order valence-corrected chi connectivity index (χ3v) is 6.95. The highest BCUT2D eigenvalue weighted by atomic mass is 15.2. The van der Waals surface area contributed by atoms with E-state index in [1.54, 1.807) is 6.20 Å². The van der Waals surface area contributed by atoms with E-state index in [0.29, 0.717) is 5.56 Å². The fourth-order valence-electron chi connectivity index (χ4n) is 4.70. The van der Waals surface area contributed by atoms with E-state index >= 15 is 0 Å². The smallest absolute Gasteiger partial charge is 0.103 e. The number of rotatable bonds is 7. The van der Waals surface area contributed by atoms with Gasteiger partial charge in [0, 0.05) is 79.8 Å². The Kier molecular flexibility index (Phi) is 6.75. The van der Waals surface area contributed by atoms with Crippen molar-refractivity contribution >= 4 is 22.3 Å². The molecular formula is C28H31N7. The first-order valence-corrected chi connectivity index (χ1v) is 12.2. The molecule has 0 saturated carbocycles. The van der Waals surface area contributed by atoms with E-state index in [1.807, 2.05) is 18.6 Å². The summed E-state index contributed by atoms with van der Waals surface area (Å²) in [5.41, 5.74) is 7.93. The summed E-state index contributed by atoms with van der Waals surface area (Å²) in [5.74, 6) is 0. The second-order valence-corrected chi connectivity index (χ2v) is 9.37. The van der Waals surface area contributed by atoms with Crippen LogP contribution < -0.4 is 5.32 Å². The lowest BCUT2D eigenvalue weighted by Crippen LogP contribution is -2.43. The number of aromatic amines is 1. The fraction of sp³-hybridized carbons (Fsp3) is 0.321. The molecule has 1 aliphatic heterocycles. The standard InChI is InChI=1S/C28H31N7/c1-20-25-9-10-31-27(25)8-7-26(20)33-28-22(17-30-18-23(28)15-29)4-6-24-5-3-21(16-32-24)19-35-13-11-34(2)12-14-35/h3,5,7-10,16-18,31H,4,6,11-14,19H2,1-2H3,(H,30,33). The molecule has 0 bridgehead atoms. The van der Waals surface area contributed by atoms with E-state index in [-0.39, 0.29) is 0 Å². The minimum atomic E-state index is 0.548. The normalized spacial score (nSPS) is 14.8. The molecule has 1 saturated heterocycles. The number of hydrogen-bond acceptors (Lipinski definition) is 6. The van der Waals surface area contributed by atoms with Crippen molar-refractivity contribution in [2.45, 2.75) is 26.3 Å². The number of benzene rings is 1. The quantitative estimate of drug-likeness (QED) is 0.421. The van der Waals surface area contributed by atoms with Crippen LogP contribution in [0.4, 0.5) is 11.4 Å². The number of nitrogens with zero attached hydrogens (tertiary/aromatic N) is 5. The van der Waals surface area contributed by atoms with Gasteiger partial charge in [0.15, 0.2) is 0 Å². The summed E-state index contributed by atoms with van der Waals surface area (Å²) in [6, 6.07) is 12.8. The molecule has 0 unspecified atom stereocenters. The van der Waals surface area contributed by atoms with Gasteiger partial charge < -0.3 is 15.2 Å². The predicted molar refractivity (Wildman–Crippen MR) is 140 cm³/mol. The summed E-state index contributed by atoms with van der Waals surface area (Å²) in [6.45, 7) is 7.50. The lowest BCUT2D eigenvalue weighted by molar-refractivity contribution is 0.148. The van der Waals surface area contributed by atoms with Crippen LogP contribution in [0.3, 0.4) is 0 Å². The number of aryl methyl sites for hydroxylation is 3. The van der Waals surface area contributed by atoms with Crippen molar-refractivity contribution in [1.29, 1.82) is 5.26 Å². The summed E-state index contributed by atoms with van der Waals surface area (Å²) >= 11 is 0. The molecule has 178 valence electrons. The van der Waals surface area contributed by atoms with Crippen LogP contribution in [0, 0.1) is 18.3 Å². The number of fused-ring (bicyclic) bond motifs is 1. The minimum Gasteiger partial charge on any atom is -0.361 e. The first-order chi connectivity index (χ1) is 17.1. The third kappa shape index (κ3) is 5.19. The average molecular weight is 466 g/mol. The largest absolute Gasteiger partial charge is 0.361 e. The van der Waals surface area contributed by atoms with Gasteiger partial charge in [0.2, 0.25) is 0 Å². The highest BCUT2D eigenvalue weighted by Gasteiger charge is 2.15. The topological polar surface area (TPSA) is 83.9 Å². The summed E-state index contributed by atoms with van der Waals surface area (Å²) in [6.07, 6.45) is 8.98. The summed E-state index contributed by atoms with van der Waals surface area (Å²) in [4.78, 5) is 17.2. The molecule has 0 atom stereocenters. The molecule has 0 radical (unpaired) electrons. The molecule has 7 heteroatoms. The lowest BCUT2D eigenvalue weighted by atomic mass is 10.0. The van der Waals surface area contributed by atoms with Gasteiger partial charge in [-0.3, -0.25) is 14.9 Å². The van der Waals surface area contributed by atoms with E-state index in [4.69, 9.17) is 4.98 Å². The molecule has 35 heavy (non-hydrogen) atoms. The molecule has 0 amide bonds. The molecule has 7 nitrogen and oxygen atoms in total. The maximum Gasteiger partial charge on any atom is 0.103 e. The van der Waals surface area contributed by atoms with Crippen LogP contribution in [0.5, 0.6) is 0 Å². The molecule has 0 spiro atoms. The number of aromatic nitrogens is 3. The maximum absolute atomic E-state index is 9.74. The Hall–Kier alpha value is -3.73. The van der Waals surface area contributed by atoms with Gasteiger partial charge >= 0.3 is 0 Å². The van der Waals surface area contributed by atoms with Crippen molar-refractivity contribution in [2.24, 2.45) is 0 Å². The Morgan fingerprint density at radius 3 is 2.66 bits per heavy atom. The number of likely N-dealkylation sites (N-methyl/N-ethyl adjacent to an activating group) is 1. The lowest BCUT2D eigenvalue weighted by Gasteiger charge is -2.32. The minimum absolute atomic E-state index is 0.548. The molecule has 1 aliphatic rings. The van der Waals surface area contributed by atoms with Crippen LogP contribution in [0.2, 0.25) is 0 Å². The number of nitriles is 1. The Bertz CT molecular complexity index is 1340. The van der Waals surface area contributed by atoms with Crippen molar-refractivity contribution < 1.29 is 0 Å². The molecule has 5 rings (SSSR count). The van der Waals surface area contributed by atoms with E-state index in [2.05, 4.69) is 75.5 Å². The molecule has 1 fully saturated rings. The number of H-pyrrole nitrogens is 1. The second-order valence-electron chi connectivity index (χ2n) is 9.37. The number of hydrogen-bond donors (Lipinski definition) is 2. The average Bonchev–Trinajstić information content (AvgIpc) is 3.37. The predicted octanol–water partition coefficient (Wildman–Crippen LogP) is 4.41. The van der Waals surface area contributed by atoms with Crippen molar-refractivity contribution in [3.05, 3.63) is 83.1 Å². The third-order valence-electron chi connectivity index (χ3n) is 6.95. The Balaban J connectivity index is 1.29. The van der Waals surface area contributed by atoms with Crippen LogP contribution >= 0.6 is 0 Å². The van der Waals surface area contributed by atoms with Crippen LogP contribution in [0.15, 0.2) is 55.1 Å². The SMILES string of the molecule is Cc1c(Nc2c(C#N)cncc2CCc2ccc(CN3CCN(C)CC3)cn2)ccc2[nH]ccc12. The highest BCUT2D eigenvalue weighted by Crippen LogP contribution is 2.30. The van der Waals surface area contributed by atoms with Gasteiger partial charge in [-0.1, -0.05) is 6.07 Å². The van der Waals surface area contributed by atoms with Crippen molar-refractivity contribution in [1.82, 2.24) is 24.8 Å². The molecule has 4 aromatic rings. The molecule has 3 aromatic heterocycles. The first-order valence-electron chi connectivity index (χ1n) is 12.2. The Morgan fingerprint density at radius 1 is 1.03 bits per heavy atom. The second kappa shape index (κ2) is 10.3.